The number of amides is 3. The molecule has 7 heteroatoms. The third-order valence-electron chi connectivity index (χ3n) is 4.97. The number of nitrogens with one attached hydrogen (secondary N) is 3. The molecule has 0 unspecified atom stereocenters. The summed E-state index contributed by atoms with van der Waals surface area (Å²) in [7, 11) is 0. The lowest BCUT2D eigenvalue weighted by Crippen LogP contribution is -2.50. The number of urea groups is 1. The van der Waals surface area contributed by atoms with E-state index in [0.29, 0.717) is 13.1 Å². The average molecular weight is 384 g/mol. The number of furan rings is 1. The van der Waals surface area contributed by atoms with Crippen molar-refractivity contribution in [1.29, 1.82) is 0 Å². The molecule has 2 atom stereocenters. The second kappa shape index (κ2) is 9.94. The van der Waals surface area contributed by atoms with Gasteiger partial charge in [-0.1, -0.05) is 24.6 Å². The lowest BCUT2D eigenvalue weighted by Gasteiger charge is -2.35. The maximum Gasteiger partial charge on any atom is 0.319 e. The van der Waals surface area contributed by atoms with E-state index in [4.69, 9.17) is 4.42 Å². The Labute approximate surface area is 165 Å². The molecule has 1 aromatic carbocycles. The van der Waals surface area contributed by atoms with E-state index in [-0.39, 0.29) is 24.0 Å². The van der Waals surface area contributed by atoms with Crippen LogP contribution in [-0.4, -0.2) is 42.5 Å². The molecule has 150 valence electrons. The van der Waals surface area contributed by atoms with Crippen LogP contribution >= 0.6 is 0 Å². The molecule has 3 amide bonds. The maximum absolute atomic E-state index is 12.4. The molecular weight excluding hydrogens is 356 g/mol. The summed E-state index contributed by atoms with van der Waals surface area (Å²) in [4.78, 5) is 26.7. The van der Waals surface area contributed by atoms with Crippen LogP contribution in [0.2, 0.25) is 0 Å². The van der Waals surface area contributed by atoms with Crippen molar-refractivity contribution in [3.8, 4) is 0 Å². The van der Waals surface area contributed by atoms with Gasteiger partial charge in [-0.15, -0.1) is 0 Å². The van der Waals surface area contributed by atoms with E-state index in [2.05, 4.69) is 20.9 Å². The lowest BCUT2D eigenvalue weighted by atomic mass is 10.0. The summed E-state index contributed by atoms with van der Waals surface area (Å²) in [6.45, 7) is 3.59. The van der Waals surface area contributed by atoms with Gasteiger partial charge in [0.1, 0.15) is 5.76 Å². The van der Waals surface area contributed by atoms with Crippen LogP contribution in [0.25, 0.3) is 0 Å². The number of rotatable bonds is 7. The van der Waals surface area contributed by atoms with Gasteiger partial charge in [0.25, 0.3) is 0 Å². The average Bonchev–Trinajstić information content (AvgIpc) is 3.23. The number of anilines is 1. The highest BCUT2D eigenvalue weighted by Gasteiger charge is 2.25. The van der Waals surface area contributed by atoms with Crippen LogP contribution in [0.4, 0.5) is 10.5 Å². The number of benzene rings is 1. The number of carbonyl (C=O) groups excluding carboxylic acids is 2. The number of hydrogen-bond acceptors (Lipinski definition) is 4. The standard InChI is InChI=1S/C21H28N4O3/c1-16(19-11-7-13-28-19)23-20(26)15-25-12-6-5-10-18(25)14-22-21(27)24-17-8-3-2-4-9-17/h2-4,7-9,11,13,16,18H,5-6,10,12,14-15H2,1H3,(H,23,26)(H2,22,24,27)/t16-,18-/m1/s1. The summed E-state index contributed by atoms with van der Waals surface area (Å²) in [5, 5.41) is 8.72. The highest BCUT2D eigenvalue weighted by atomic mass is 16.3. The smallest absolute Gasteiger partial charge is 0.319 e. The molecule has 1 aliphatic heterocycles. The van der Waals surface area contributed by atoms with Crippen LogP contribution in [0.15, 0.2) is 53.1 Å². The molecule has 1 saturated heterocycles. The Bertz CT molecular complexity index is 748. The number of piperidine rings is 1. The maximum atomic E-state index is 12.4. The van der Waals surface area contributed by atoms with Crippen LogP contribution in [0.1, 0.15) is 38.0 Å². The van der Waals surface area contributed by atoms with Crippen LogP contribution in [0.3, 0.4) is 0 Å². The van der Waals surface area contributed by atoms with Gasteiger partial charge in [0.2, 0.25) is 5.91 Å². The first-order valence-electron chi connectivity index (χ1n) is 9.78. The van der Waals surface area contributed by atoms with Gasteiger partial charge in [-0.2, -0.15) is 0 Å². The minimum absolute atomic E-state index is 0.0375. The zero-order chi connectivity index (χ0) is 19.8. The molecule has 1 aliphatic rings. The summed E-state index contributed by atoms with van der Waals surface area (Å²) in [6.07, 6.45) is 4.73. The van der Waals surface area contributed by atoms with Crippen molar-refractivity contribution in [1.82, 2.24) is 15.5 Å². The molecule has 3 N–H and O–H groups in total. The first-order valence-corrected chi connectivity index (χ1v) is 9.78. The van der Waals surface area contributed by atoms with E-state index in [0.717, 1.165) is 37.3 Å². The van der Waals surface area contributed by atoms with Gasteiger partial charge >= 0.3 is 6.03 Å². The van der Waals surface area contributed by atoms with Crippen molar-refractivity contribution < 1.29 is 14.0 Å². The van der Waals surface area contributed by atoms with Crippen LogP contribution in [-0.2, 0) is 4.79 Å². The van der Waals surface area contributed by atoms with Gasteiger partial charge in [0, 0.05) is 18.3 Å². The molecule has 2 heterocycles. The molecule has 1 fully saturated rings. The monoisotopic (exact) mass is 384 g/mol. The molecule has 0 saturated carbocycles. The number of likely N-dealkylation sites (tertiary alicyclic amines) is 1. The molecule has 0 spiro atoms. The zero-order valence-corrected chi connectivity index (χ0v) is 16.2. The zero-order valence-electron chi connectivity index (χ0n) is 16.2. The Kier molecular flexibility index (Phi) is 7.08. The fraction of sp³-hybridized carbons (Fsp3) is 0.429. The molecule has 3 rings (SSSR count). The van der Waals surface area contributed by atoms with E-state index in [9.17, 15) is 9.59 Å². The Morgan fingerprint density at radius 3 is 2.75 bits per heavy atom. The molecular formula is C21H28N4O3. The summed E-state index contributed by atoms with van der Waals surface area (Å²) in [5.74, 6) is 0.701. The van der Waals surface area contributed by atoms with Gasteiger partial charge < -0.3 is 20.4 Å². The van der Waals surface area contributed by atoms with Crippen molar-refractivity contribution in [3.05, 3.63) is 54.5 Å². The minimum atomic E-state index is -0.229. The Morgan fingerprint density at radius 2 is 2.00 bits per heavy atom. The topological polar surface area (TPSA) is 86.6 Å². The molecule has 1 aromatic heterocycles. The molecule has 2 aromatic rings. The number of para-hydroxylation sites is 1. The van der Waals surface area contributed by atoms with E-state index < -0.39 is 0 Å². The third-order valence-corrected chi connectivity index (χ3v) is 4.97. The van der Waals surface area contributed by atoms with Gasteiger partial charge in [-0.3, -0.25) is 9.69 Å². The Morgan fingerprint density at radius 1 is 1.18 bits per heavy atom. The van der Waals surface area contributed by atoms with Gasteiger partial charge in [0.05, 0.1) is 18.8 Å². The molecule has 0 bridgehead atoms. The van der Waals surface area contributed by atoms with Crippen LogP contribution in [0.5, 0.6) is 0 Å². The van der Waals surface area contributed by atoms with Crippen LogP contribution in [0, 0.1) is 0 Å². The van der Waals surface area contributed by atoms with Crippen molar-refractivity contribution >= 4 is 17.6 Å². The van der Waals surface area contributed by atoms with Crippen molar-refractivity contribution in [2.75, 3.05) is 25.0 Å². The lowest BCUT2D eigenvalue weighted by molar-refractivity contribution is -0.123. The van der Waals surface area contributed by atoms with E-state index >= 15 is 0 Å². The number of carbonyl (C=O) groups is 2. The third kappa shape index (κ3) is 5.85. The van der Waals surface area contributed by atoms with E-state index in [1.807, 2.05) is 49.4 Å². The van der Waals surface area contributed by atoms with E-state index in [1.165, 1.54) is 0 Å². The first kappa shape index (κ1) is 19.9. The predicted octanol–water partition coefficient (Wildman–Crippen LogP) is 3.13. The Balaban J connectivity index is 1.46. The fourth-order valence-electron chi connectivity index (χ4n) is 3.49. The van der Waals surface area contributed by atoms with Crippen molar-refractivity contribution in [3.63, 3.8) is 0 Å². The highest BCUT2D eigenvalue weighted by Crippen LogP contribution is 2.17. The minimum Gasteiger partial charge on any atom is -0.467 e. The largest absolute Gasteiger partial charge is 0.467 e. The van der Waals surface area contributed by atoms with Crippen molar-refractivity contribution in [2.24, 2.45) is 0 Å². The van der Waals surface area contributed by atoms with Crippen molar-refractivity contribution in [2.45, 2.75) is 38.3 Å². The first-order chi connectivity index (χ1) is 13.6. The second-order valence-electron chi connectivity index (χ2n) is 7.13. The molecule has 0 radical (unpaired) electrons. The summed E-state index contributed by atoms with van der Waals surface area (Å²) in [5.41, 5.74) is 0.756. The molecule has 28 heavy (non-hydrogen) atoms. The summed E-state index contributed by atoms with van der Waals surface area (Å²) in [6, 6.07) is 12.8. The van der Waals surface area contributed by atoms with Gasteiger partial charge in [-0.25, -0.2) is 4.79 Å². The molecule has 7 nitrogen and oxygen atoms in total. The van der Waals surface area contributed by atoms with E-state index in [1.54, 1.807) is 6.26 Å². The summed E-state index contributed by atoms with van der Waals surface area (Å²) < 4.78 is 5.34. The highest BCUT2D eigenvalue weighted by molar-refractivity contribution is 5.89. The normalized spacial score (nSPS) is 18.2. The number of hydrogen-bond donors (Lipinski definition) is 3. The quantitative estimate of drug-likeness (QED) is 0.684. The fourth-order valence-corrected chi connectivity index (χ4v) is 3.49. The molecule has 0 aliphatic carbocycles. The van der Waals surface area contributed by atoms with Gasteiger partial charge in [-0.05, 0) is 50.6 Å². The second-order valence-corrected chi connectivity index (χ2v) is 7.13. The summed E-state index contributed by atoms with van der Waals surface area (Å²) >= 11 is 0. The SMILES string of the molecule is C[C@@H](NC(=O)CN1CCCC[C@@H]1CNC(=O)Nc1ccccc1)c1ccco1. The van der Waals surface area contributed by atoms with Crippen LogP contribution < -0.4 is 16.0 Å². The predicted molar refractivity (Wildman–Crippen MR) is 108 cm³/mol. The van der Waals surface area contributed by atoms with Gasteiger partial charge in [0.15, 0.2) is 0 Å². The Hall–Kier alpha value is -2.80. The number of nitrogens with zero attached hydrogens (tertiary/aromatic N) is 1.